The molecule has 0 spiro atoms. The van der Waals surface area contributed by atoms with Crippen LogP contribution in [0.1, 0.15) is 36.0 Å². The first-order valence-corrected chi connectivity index (χ1v) is 8.02. The molecule has 1 aromatic carbocycles. The average molecular weight is 354 g/mol. The zero-order valence-corrected chi connectivity index (χ0v) is 13.3. The van der Waals surface area contributed by atoms with Crippen LogP contribution in [0.15, 0.2) is 24.5 Å². The quantitative estimate of drug-likeness (QED) is 0.896. The molecule has 1 aliphatic rings. The molecule has 0 aliphatic heterocycles. The van der Waals surface area contributed by atoms with E-state index in [1.165, 1.54) is 18.5 Å². The van der Waals surface area contributed by atoms with Gasteiger partial charge in [0.25, 0.3) is 0 Å². The maximum Gasteiger partial charge on any atom is 0.391 e. The lowest BCUT2D eigenvalue weighted by Gasteiger charge is -2.29. The Bertz CT molecular complexity index is 771. The molecule has 5 nitrogen and oxygen atoms in total. The normalized spacial score (nSPS) is 21.2. The van der Waals surface area contributed by atoms with Gasteiger partial charge in [-0.05, 0) is 49.8 Å². The molecule has 3 rings (SSSR count). The topological polar surface area (TPSA) is 72.3 Å². The monoisotopic (exact) mass is 354 g/mol. The van der Waals surface area contributed by atoms with Crippen molar-refractivity contribution in [3.8, 4) is 5.88 Å². The van der Waals surface area contributed by atoms with E-state index in [0.29, 0.717) is 29.6 Å². The summed E-state index contributed by atoms with van der Waals surface area (Å²) in [5.74, 6) is -1.88. The number of aromatic nitrogens is 2. The van der Waals surface area contributed by atoms with Crippen molar-refractivity contribution in [2.24, 2.45) is 11.8 Å². The number of nitrogens with zero attached hydrogens (tertiary/aromatic N) is 2. The zero-order chi connectivity index (χ0) is 18.0. The number of benzene rings is 1. The van der Waals surface area contributed by atoms with Gasteiger partial charge in [0.2, 0.25) is 5.88 Å². The van der Waals surface area contributed by atoms with Gasteiger partial charge in [0.1, 0.15) is 6.33 Å². The molecule has 0 bridgehead atoms. The molecule has 25 heavy (non-hydrogen) atoms. The predicted molar refractivity (Wildman–Crippen MR) is 83.5 cm³/mol. The molecule has 1 saturated carbocycles. The van der Waals surface area contributed by atoms with Gasteiger partial charge in [-0.2, -0.15) is 13.2 Å². The minimum atomic E-state index is -4.11. The number of halogens is 3. The predicted octanol–water partition coefficient (Wildman–Crippen LogP) is 4.08. The van der Waals surface area contributed by atoms with Crippen LogP contribution in [0.4, 0.5) is 13.2 Å². The molecular formula is C17H17F3N2O3. The van der Waals surface area contributed by atoms with Crippen LogP contribution >= 0.6 is 0 Å². The molecule has 2 aromatic rings. The van der Waals surface area contributed by atoms with Crippen molar-refractivity contribution in [3.63, 3.8) is 0 Å². The smallest absolute Gasteiger partial charge is 0.391 e. The van der Waals surface area contributed by atoms with E-state index >= 15 is 0 Å². The molecule has 0 amide bonds. The Morgan fingerprint density at radius 3 is 2.56 bits per heavy atom. The van der Waals surface area contributed by atoms with Gasteiger partial charge >= 0.3 is 12.1 Å². The SMILES string of the molecule is O=C(O)c1ccc2c(OC[C@H]3CC[C@H](C(F)(F)F)CC3)ncnc2c1. The Morgan fingerprint density at radius 1 is 1.20 bits per heavy atom. The Balaban J connectivity index is 1.65. The summed E-state index contributed by atoms with van der Waals surface area (Å²) in [6.45, 7) is 0.289. The van der Waals surface area contributed by atoms with Gasteiger partial charge in [-0.1, -0.05) is 0 Å². The highest BCUT2D eigenvalue weighted by Crippen LogP contribution is 2.39. The minimum absolute atomic E-state index is 0.0573. The van der Waals surface area contributed by atoms with Crippen molar-refractivity contribution in [2.75, 3.05) is 6.61 Å². The van der Waals surface area contributed by atoms with Gasteiger partial charge in [-0.15, -0.1) is 0 Å². The number of carbonyl (C=O) groups is 1. The number of ether oxygens (including phenoxy) is 1. The van der Waals surface area contributed by atoms with Crippen molar-refractivity contribution in [1.82, 2.24) is 9.97 Å². The van der Waals surface area contributed by atoms with Crippen molar-refractivity contribution in [2.45, 2.75) is 31.9 Å². The number of carboxylic acid groups (broad SMARTS) is 1. The molecule has 1 heterocycles. The minimum Gasteiger partial charge on any atom is -0.478 e. The maximum absolute atomic E-state index is 12.7. The van der Waals surface area contributed by atoms with Gasteiger partial charge in [0.05, 0.1) is 29.0 Å². The third kappa shape index (κ3) is 4.00. The number of alkyl halides is 3. The molecule has 1 N–H and O–H groups in total. The average Bonchev–Trinajstić information content (AvgIpc) is 2.59. The lowest BCUT2D eigenvalue weighted by Crippen LogP contribution is -2.29. The van der Waals surface area contributed by atoms with Crippen LogP contribution in [0.5, 0.6) is 5.88 Å². The van der Waals surface area contributed by atoms with Gasteiger partial charge in [-0.25, -0.2) is 14.8 Å². The molecule has 0 radical (unpaired) electrons. The number of hydrogen-bond donors (Lipinski definition) is 1. The van der Waals surface area contributed by atoms with E-state index < -0.39 is 18.1 Å². The van der Waals surface area contributed by atoms with E-state index in [0.717, 1.165) is 0 Å². The first kappa shape index (κ1) is 17.4. The van der Waals surface area contributed by atoms with E-state index in [2.05, 4.69) is 9.97 Å². The highest BCUT2D eigenvalue weighted by molar-refractivity contribution is 5.94. The van der Waals surface area contributed by atoms with E-state index in [-0.39, 0.29) is 30.9 Å². The molecule has 0 atom stereocenters. The van der Waals surface area contributed by atoms with Crippen LogP contribution in [-0.4, -0.2) is 33.8 Å². The fourth-order valence-electron chi connectivity index (χ4n) is 3.13. The molecule has 1 aliphatic carbocycles. The summed E-state index contributed by atoms with van der Waals surface area (Å²) in [5, 5.41) is 9.59. The number of aromatic carboxylic acids is 1. The fraction of sp³-hybridized carbons (Fsp3) is 0.471. The summed E-state index contributed by atoms with van der Waals surface area (Å²) in [4.78, 5) is 19.1. The third-order valence-corrected chi connectivity index (χ3v) is 4.61. The maximum atomic E-state index is 12.7. The van der Waals surface area contributed by atoms with E-state index in [1.54, 1.807) is 6.07 Å². The van der Waals surface area contributed by atoms with E-state index in [1.807, 2.05) is 0 Å². The van der Waals surface area contributed by atoms with Crippen LogP contribution in [-0.2, 0) is 0 Å². The third-order valence-electron chi connectivity index (χ3n) is 4.61. The van der Waals surface area contributed by atoms with Crippen LogP contribution < -0.4 is 4.74 Å². The Labute approximate surface area is 141 Å². The van der Waals surface area contributed by atoms with E-state index in [9.17, 15) is 18.0 Å². The van der Waals surface area contributed by atoms with Crippen molar-refractivity contribution >= 4 is 16.9 Å². The second-order valence-corrected chi connectivity index (χ2v) is 6.29. The van der Waals surface area contributed by atoms with Crippen LogP contribution in [0.25, 0.3) is 10.9 Å². The standard InChI is InChI=1S/C17H17F3N2O3/c18-17(19,20)12-4-1-10(2-5-12)8-25-15-13-6-3-11(16(23)24)7-14(13)21-9-22-15/h3,6-7,9-10,12H,1-2,4-5,8H2,(H,23,24)/t10-,12-. The van der Waals surface area contributed by atoms with Gasteiger partial charge in [0, 0.05) is 0 Å². The Morgan fingerprint density at radius 2 is 1.92 bits per heavy atom. The van der Waals surface area contributed by atoms with Gasteiger partial charge in [-0.3, -0.25) is 0 Å². The fourth-order valence-corrected chi connectivity index (χ4v) is 3.13. The number of rotatable bonds is 4. The highest BCUT2D eigenvalue weighted by atomic mass is 19.4. The summed E-state index contributed by atoms with van der Waals surface area (Å²) in [6.07, 6.45) is -1.64. The number of hydrogen-bond acceptors (Lipinski definition) is 4. The molecule has 1 aromatic heterocycles. The second-order valence-electron chi connectivity index (χ2n) is 6.29. The number of fused-ring (bicyclic) bond motifs is 1. The molecule has 134 valence electrons. The Kier molecular flexibility index (Phi) is 4.78. The van der Waals surface area contributed by atoms with Crippen LogP contribution in [0, 0.1) is 11.8 Å². The summed E-state index contributed by atoms with van der Waals surface area (Å²) in [6, 6.07) is 4.45. The molecule has 0 saturated heterocycles. The Hall–Kier alpha value is -2.38. The lowest BCUT2D eigenvalue weighted by molar-refractivity contribution is -0.184. The van der Waals surface area contributed by atoms with Crippen LogP contribution in [0.2, 0.25) is 0 Å². The largest absolute Gasteiger partial charge is 0.478 e. The number of carboxylic acids is 1. The van der Waals surface area contributed by atoms with Crippen molar-refractivity contribution in [3.05, 3.63) is 30.1 Å². The molecule has 1 fully saturated rings. The van der Waals surface area contributed by atoms with Crippen LogP contribution in [0.3, 0.4) is 0 Å². The van der Waals surface area contributed by atoms with E-state index in [4.69, 9.17) is 9.84 Å². The van der Waals surface area contributed by atoms with Crippen molar-refractivity contribution < 1.29 is 27.8 Å². The highest BCUT2D eigenvalue weighted by Gasteiger charge is 2.41. The van der Waals surface area contributed by atoms with Gasteiger partial charge in [0.15, 0.2) is 0 Å². The molecule has 0 unspecified atom stereocenters. The van der Waals surface area contributed by atoms with Gasteiger partial charge < -0.3 is 9.84 Å². The second kappa shape index (κ2) is 6.85. The first-order chi connectivity index (χ1) is 11.8. The summed E-state index contributed by atoms with van der Waals surface area (Å²) >= 11 is 0. The summed E-state index contributed by atoms with van der Waals surface area (Å²) < 4.78 is 43.8. The van der Waals surface area contributed by atoms with Crippen molar-refractivity contribution in [1.29, 1.82) is 0 Å². The molecule has 8 heteroatoms. The lowest BCUT2D eigenvalue weighted by atomic mass is 9.82. The summed E-state index contributed by atoms with van der Waals surface area (Å²) in [5.41, 5.74) is 0.563. The first-order valence-electron chi connectivity index (χ1n) is 8.02. The summed E-state index contributed by atoms with van der Waals surface area (Å²) in [7, 11) is 0. The zero-order valence-electron chi connectivity index (χ0n) is 13.3. The molecular weight excluding hydrogens is 337 g/mol.